The first kappa shape index (κ1) is 57.8. The number of thioether (sulfide) groups is 2. The second kappa shape index (κ2) is 26.0. The summed E-state index contributed by atoms with van der Waals surface area (Å²) in [4.78, 5) is 25.3. The lowest BCUT2D eigenvalue weighted by Crippen LogP contribution is -2.55. The second-order valence-corrected chi connectivity index (χ2v) is 23.6. The predicted molar refractivity (Wildman–Crippen MR) is 267 cm³/mol. The third-order valence-electron chi connectivity index (χ3n) is 13.6. The van der Waals surface area contributed by atoms with Gasteiger partial charge in [-0.3, -0.25) is 15.0 Å². The van der Waals surface area contributed by atoms with Crippen LogP contribution in [0.3, 0.4) is 0 Å². The van der Waals surface area contributed by atoms with E-state index in [9.17, 15) is 14.7 Å². The van der Waals surface area contributed by atoms with E-state index in [1.54, 1.807) is 11.8 Å². The third-order valence-corrected chi connectivity index (χ3v) is 16.4. The fourth-order valence-corrected chi connectivity index (χ4v) is 11.0. The van der Waals surface area contributed by atoms with E-state index in [0.717, 1.165) is 9.79 Å². The number of alkyl halides is 3. The SMILES string of the molecule is CC(=O)OC1[C@@H](C)[C@@H](O)C(C)O[C@H]1Sc1ccc(C)cc1.CC(=O)OC1[C@@H](C)[C@@H](O[C@@H]2OC[C@@H](C)[C@H](C)C2C)C(C)O[C@H]1Sc1ccc(C)cc1.CC1C(OC(=N)C(Cl)(Cl)Cl)OC[C@@H](C)[C@@H]1C. The third kappa shape index (κ3) is 16.6. The van der Waals surface area contributed by atoms with Crippen molar-refractivity contribution >= 4 is 76.2 Å². The summed E-state index contributed by atoms with van der Waals surface area (Å²) in [5.74, 6) is 1.17. The average molecular weight is 1040 g/mol. The summed E-state index contributed by atoms with van der Waals surface area (Å²) in [5.41, 5.74) is 1.80. The maximum absolute atomic E-state index is 11.9. The van der Waals surface area contributed by atoms with Gasteiger partial charge in [0, 0.05) is 47.3 Å². The molecule has 17 heteroatoms. The number of rotatable bonds is 9. The van der Waals surface area contributed by atoms with E-state index in [1.165, 1.54) is 36.7 Å². The van der Waals surface area contributed by atoms with Crippen molar-refractivity contribution in [2.45, 2.75) is 171 Å². The fraction of sp³-hybridized carbons (Fsp3) is 0.700. The normalized spacial score (nSPS) is 36.5. The number of aliphatic hydroxyl groups is 1. The first-order chi connectivity index (χ1) is 31.3. The molecule has 67 heavy (non-hydrogen) atoms. The number of benzene rings is 2. The number of hydrogen-bond acceptors (Lipinski definition) is 14. The van der Waals surface area contributed by atoms with Gasteiger partial charge in [0.15, 0.2) is 6.29 Å². The van der Waals surface area contributed by atoms with Crippen molar-refractivity contribution in [1.82, 2.24) is 0 Å². The van der Waals surface area contributed by atoms with Crippen molar-refractivity contribution < 1.29 is 52.6 Å². The van der Waals surface area contributed by atoms with Gasteiger partial charge < -0.3 is 43.0 Å². The van der Waals surface area contributed by atoms with Crippen molar-refractivity contribution in [3.05, 3.63) is 59.7 Å². The van der Waals surface area contributed by atoms with Gasteiger partial charge in [0.25, 0.3) is 3.79 Å². The number of aliphatic hydroxyl groups excluding tert-OH is 1. The monoisotopic (exact) mass is 1030 g/mol. The van der Waals surface area contributed by atoms with E-state index >= 15 is 0 Å². The minimum atomic E-state index is -1.82. The van der Waals surface area contributed by atoms with E-state index in [1.807, 2.05) is 58.9 Å². The van der Waals surface area contributed by atoms with Crippen LogP contribution in [-0.2, 0) is 47.5 Å². The van der Waals surface area contributed by atoms with Crippen molar-refractivity contribution in [2.24, 2.45) is 47.3 Å². The number of esters is 2. The first-order valence-electron chi connectivity index (χ1n) is 23.3. The summed E-state index contributed by atoms with van der Waals surface area (Å²) in [5, 5.41) is 17.6. The Morgan fingerprint density at radius 2 is 1.00 bits per heavy atom. The number of carbonyl (C=O) groups excluding carboxylic acids is 2. The van der Waals surface area contributed by atoms with Gasteiger partial charge in [-0.15, -0.1) is 0 Å². The van der Waals surface area contributed by atoms with E-state index < -0.39 is 34.3 Å². The van der Waals surface area contributed by atoms with E-state index in [-0.39, 0.29) is 65.2 Å². The minimum absolute atomic E-state index is 0.0222. The van der Waals surface area contributed by atoms with Crippen molar-refractivity contribution in [3.63, 3.8) is 0 Å². The van der Waals surface area contributed by atoms with Gasteiger partial charge in [0.2, 0.25) is 12.2 Å². The molecule has 0 amide bonds. The fourth-order valence-electron chi connectivity index (χ4n) is 8.38. The highest BCUT2D eigenvalue weighted by atomic mass is 35.6. The summed E-state index contributed by atoms with van der Waals surface area (Å²) in [6.07, 6.45) is -2.90. The van der Waals surface area contributed by atoms with E-state index in [4.69, 9.17) is 78.1 Å². The first-order valence-corrected chi connectivity index (χ1v) is 26.2. The minimum Gasteiger partial charge on any atom is -0.458 e. The van der Waals surface area contributed by atoms with Crippen LogP contribution in [0.1, 0.15) is 94.2 Å². The summed E-state index contributed by atoms with van der Waals surface area (Å²) in [6.45, 7) is 29.0. The maximum atomic E-state index is 11.9. The number of halogens is 3. The highest BCUT2D eigenvalue weighted by Crippen LogP contribution is 2.42. The summed E-state index contributed by atoms with van der Waals surface area (Å²) >= 11 is 19.7. The Balaban J connectivity index is 0.000000232. The van der Waals surface area contributed by atoms with Gasteiger partial charge in [0.05, 0.1) is 37.6 Å². The van der Waals surface area contributed by atoms with Crippen molar-refractivity contribution in [1.29, 1.82) is 5.41 Å². The zero-order chi connectivity index (χ0) is 50.1. The molecule has 0 spiro atoms. The van der Waals surface area contributed by atoms with Crippen LogP contribution in [0.4, 0.5) is 0 Å². The molecular weight excluding hydrogens is 961 g/mol. The van der Waals surface area contributed by atoms with Gasteiger partial charge in [-0.1, -0.05) is 149 Å². The molecule has 4 fully saturated rings. The molecule has 6 rings (SSSR count). The van der Waals surface area contributed by atoms with Crippen LogP contribution >= 0.6 is 58.3 Å². The van der Waals surface area contributed by atoms with Crippen LogP contribution in [0.15, 0.2) is 58.3 Å². The number of aryl methyl sites for hydroxylation is 2. The summed E-state index contributed by atoms with van der Waals surface area (Å²) in [7, 11) is 0. The molecule has 2 N–H and O–H groups in total. The standard InChI is InChI=1S/C24H36O5S.C16H22O4S.C10H16Cl3NO2/c1-13-8-10-20(11-9-13)30-24-22(28-19(7)25)17(5)21(18(6)27-24)29-23-16(4)15(3)14(2)12-26-23;1-9-5-7-13(8-6-9)21-16-15(20-12(4)17)10(2)14(18)11(3)19-16;1-5-4-15-8(7(3)6(5)2)16-9(14)10(11,12)13/h8-11,14-18,21-24H,12H2,1-7H3;5-8,10-11,14-16,18H,1-4H3;5-8,14H,4H2,1-3H3/t14-,15+,16?,17+,18?,21-,22?,23+,24+;10-,11?,14+,15?,16-;5-,6+,7?,8?/m101/s1. The Morgan fingerprint density at radius 3 is 1.43 bits per heavy atom. The Morgan fingerprint density at radius 1 is 0.597 bits per heavy atom. The molecule has 4 saturated heterocycles. The molecular formula is C50H74Cl3NO11S2. The van der Waals surface area contributed by atoms with Gasteiger partial charge >= 0.3 is 11.9 Å². The molecule has 2 aromatic rings. The zero-order valence-electron chi connectivity index (χ0n) is 41.4. The molecule has 2 aromatic carbocycles. The predicted octanol–water partition coefficient (Wildman–Crippen LogP) is 11.4. The Labute approximate surface area is 422 Å². The van der Waals surface area contributed by atoms with Crippen LogP contribution in [0, 0.1) is 66.6 Å². The van der Waals surface area contributed by atoms with Crippen molar-refractivity contribution in [2.75, 3.05) is 13.2 Å². The Hall–Kier alpha value is -1.82. The molecule has 4 aliphatic rings. The lowest BCUT2D eigenvalue weighted by molar-refractivity contribution is -0.281. The lowest BCUT2D eigenvalue weighted by atomic mass is 9.82. The van der Waals surface area contributed by atoms with Crippen LogP contribution in [-0.4, -0.2) is 100 Å². The smallest absolute Gasteiger partial charge is 0.303 e. The van der Waals surface area contributed by atoms with Crippen LogP contribution < -0.4 is 0 Å². The van der Waals surface area contributed by atoms with Crippen LogP contribution in [0.5, 0.6) is 0 Å². The topological polar surface area (TPSA) is 152 Å². The highest BCUT2D eigenvalue weighted by Gasteiger charge is 2.48. The van der Waals surface area contributed by atoms with Crippen LogP contribution in [0.2, 0.25) is 0 Å². The van der Waals surface area contributed by atoms with E-state index in [2.05, 4.69) is 72.7 Å². The zero-order valence-corrected chi connectivity index (χ0v) is 45.3. The number of nitrogens with one attached hydrogen (secondary N) is 1. The molecule has 0 aromatic heterocycles. The second-order valence-electron chi connectivity index (χ2n) is 19.0. The maximum Gasteiger partial charge on any atom is 0.303 e. The molecule has 0 bridgehead atoms. The molecule has 18 atom stereocenters. The Kier molecular flexibility index (Phi) is 22.5. The van der Waals surface area contributed by atoms with Gasteiger partial charge in [-0.2, -0.15) is 0 Å². The summed E-state index contributed by atoms with van der Waals surface area (Å²) < 4.78 is 44.7. The molecule has 378 valence electrons. The molecule has 12 nitrogen and oxygen atoms in total. The quantitative estimate of drug-likeness (QED) is 0.106. The molecule has 0 saturated carbocycles. The van der Waals surface area contributed by atoms with Crippen LogP contribution in [0.25, 0.3) is 0 Å². The van der Waals surface area contributed by atoms with Crippen molar-refractivity contribution in [3.8, 4) is 0 Å². The summed E-state index contributed by atoms with van der Waals surface area (Å²) in [6, 6.07) is 16.4. The molecule has 0 aliphatic carbocycles. The Bertz CT molecular complexity index is 1880. The molecule has 0 radical (unpaired) electrons. The molecule has 4 heterocycles. The highest BCUT2D eigenvalue weighted by molar-refractivity contribution is 8.00. The van der Waals surface area contributed by atoms with E-state index in [0.29, 0.717) is 42.8 Å². The lowest BCUT2D eigenvalue weighted by Gasteiger charge is -2.47. The number of ether oxygens (including phenoxy) is 8. The van der Waals surface area contributed by atoms with Gasteiger partial charge in [0.1, 0.15) is 23.1 Å². The molecule has 4 aliphatic heterocycles. The van der Waals surface area contributed by atoms with Gasteiger partial charge in [-0.05, 0) is 75.6 Å². The molecule has 7 unspecified atom stereocenters. The number of carbonyl (C=O) groups is 2. The number of hydrogen-bond donors (Lipinski definition) is 2. The van der Waals surface area contributed by atoms with Gasteiger partial charge in [-0.25, -0.2) is 0 Å². The largest absolute Gasteiger partial charge is 0.458 e. The average Bonchev–Trinajstić information content (AvgIpc) is 3.26.